The highest BCUT2D eigenvalue weighted by Gasteiger charge is 2.32. The van der Waals surface area contributed by atoms with Crippen LogP contribution in [0.1, 0.15) is 74.6 Å². The van der Waals surface area contributed by atoms with Crippen molar-refractivity contribution >= 4 is 35.9 Å². The van der Waals surface area contributed by atoms with Crippen molar-refractivity contribution in [1.29, 1.82) is 0 Å². The molecule has 0 saturated heterocycles. The zero-order valence-electron chi connectivity index (χ0n) is 42.5. The van der Waals surface area contributed by atoms with Crippen LogP contribution in [0, 0.1) is 0 Å². The average Bonchev–Trinajstić information content (AvgIpc) is 3.82. The molecule has 74 heavy (non-hydrogen) atoms. The number of aromatic nitrogens is 3. The molecule has 0 unspecified atom stereocenters. The fraction of sp³-hybridized carbons (Fsp3) is 0.396. The number of nitrogens with zero attached hydrogens (tertiary/aromatic N) is 6. The Bertz CT molecular complexity index is 2610. The van der Waals surface area contributed by atoms with E-state index in [1.54, 1.807) is 39.5 Å². The number of carbonyl (C=O) groups excluding carboxylic acids is 5. The Morgan fingerprint density at radius 2 is 1.12 bits per heavy atom. The van der Waals surface area contributed by atoms with Crippen LogP contribution >= 0.6 is 0 Å². The van der Waals surface area contributed by atoms with E-state index in [0.717, 1.165) is 22.3 Å². The Morgan fingerprint density at radius 3 is 1.64 bits per heavy atom. The predicted molar refractivity (Wildman–Crippen MR) is 273 cm³/mol. The van der Waals surface area contributed by atoms with E-state index in [-0.39, 0.29) is 52.0 Å². The van der Waals surface area contributed by atoms with Gasteiger partial charge in [0.15, 0.2) is 11.6 Å². The van der Waals surface area contributed by atoms with Gasteiger partial charge >= 0.3 is 18.3 Å². The molecular weight excluding hydrogens is 951 g/mol. The molecule has 21 nitrogen and oxygen atoms in total. The van der Waals surface area contributed by atoms with Crippen molar-refractivity contribution in [2.45, 2.75) is 97.4 Å². The van der Waals surface area contributed by atoms with Crippen molar-refractivity contribution < 1.29 is 47.7 Å². The molecule has 0 spiro atoms. The van der Waals surface area contributed by atoms with Crippen LogP contribution in [0.4, 0.5) is 14.4 Å². The van der Waals surface area contributed by atoms with Crippen LogP contribution in [-0.4, -0.2) is 117 Å². The highest BCUT2D eigenvalue weighted by Crippen LogP contribution is 2.21. The van der Waals surface area contributed by atoms with Gasteiger partial charge in [0, 0.05) is 19.6 Å². The molecule has 4 aromatic carbocycles. The van der Waals surface area contributed by atoms with Gasteiger partial charge in [0.25, 0.3) is 5.91 Å². The highest BCUT2D eigenvalue weighted by molar-refractivity contribution is 5.92. The van der Waals surface area contributed by atoms with Gasteiger partial charge in [-0.2, -0.15) is 0 Å². The molecule has 394 valence electrons. The number of amides is 5. The number of hydrogen-bond donors (Lipinski definition) is 5. The van der Waals surface area contributed by atoms with Gasteiger partial charge < -0.3 is 44.6 Å². The molecule has 2 aliphatic rings. The third kappa shape index (κ3) is 18.3. The molecule has 7 rings (SSSR count). The van der Waals surface area contributed by atoms with E-state index in [4.69, 9.17) is 29.4 Å². The van der Waals surface area contributed by atoms with Gasteiger partial charge in [-0.1, -0.05) is 121 Å². The van der Waals surface area contributed by atoms with Crippen molar-refractivity contribution in [1.82, 2.24) is 46.0 Å². The minimum absolute atomic E-state index is 0.0912. The van der Waals surface area contributed by atoms with E-state index in [0.29, 0.717) is 50.3 Å². The summed E-state index contributed by atoms with van der Waals surface area (Å²) in [6.07, 6.45) is -1.63. The summed E-state index contributed by atoms with van der Waals surface area (Å²) < 4.78 is 29.6. The molecule has 21 heteroatoms. The van der Waals surface area contributed by atoms with Crippen molar-refractivity contribution in [3.8, 4) is 0 Å². The fourth-order valence-corrected chi connectivity index (χ4v) is 7.18. The van der Waals surface area contributed by atoms with Gasteiger partial charge in [0.05, 0.1) is 51.6 Å². The van der Waals surface area contributed by atoms with E-state index in [1.165, 1.54) is 4.90 Å². The first kappa shape index (κ1) is 55.4. The lowest BCUT2D eigenvalue weighted by Gasteiger charge is -2.29. The number of alkyl carbamates (subject to hydrolysis) is 1. The maximum Gasteiger partial charge on any atom is 0.410 e. The van der Waals surface area contributed by atoms with Crippen molar-refractivity contribution in [2.24, 2.45) is 10.7 Å². The second-order valence-electron chi connectivity index (χ2n) is 18.9. The zero-order chi connectivity index (χ0) is 52.9. The smallest absolute Gasteiger partial charge is 0.410 e. The number of amidine groups is 1. The summed E-state index contributed by atoms with van der Waals surface area (Å²) in [5, 5.41) is 14.1. The number of nitrogens with two attached hydrogens (primary N) is 1. The lowest BCUT2D eigenvalue weighted by atomic mass is 10.1. The number of rotatable bonds is 17. The maximum atomic E-state index is 12.9. The Hall–Kier alpha value is -7.88. The fourth-order valence-electron chi connectivity index (χ4n) is 7.18. The van der Waals surface area contributed by atoms with Crippen molar-refractivity contribution in [3.63, 3.8) is 0 Å². The van der Waals surface area contributed by atoms with Crippen LogP contribution in [0.25, 0.3) is 0 Å². The van der Waals surface area contributed by atoms with Crippen molar-refractivity contribution in [2.75, 3.05) is 39.4 Å². The van der Waals surface area contributed by atoms with Crippen LogP contribution in [-0.2, 0) is 72.8 Å². The molecule has 3 heterocycles. The van der Waals surface area contributed by atoms with E-state index in [1.807, 2.05) is 126 Å². The minimum Gasteiger partial charge on any atom is -0.445 e. The normalized spacial score (nSPS) is 14.1. The maximum absolute atomic E-state index is 12.9. The van der Waals surface area contributed by atoms with Crippen LogP contribution < -0.4 is 27.2 Å². The number of carbonyl (C=O) groups is 5. The topological polar surface area (TPSA) is 255 Å². The van der Waals surface area contributed by atoms with E-state index in [9.17, 15) is 24.0 Å². The minimum atomic E-state index is -1.07. The second kappa shape index (κ2) is 27.3. The average molecular weight is 1020 g/mol. The Balaban J connectivity index is 0.000000241. The SMILES string of the molecule is CC(C)(C)OC(=O)N[C@H](COCc1ccccc1)C(=O)NNC1=NCCN(C(=O)OCc2ccccc2)C1.CC(C)(N)C(=O)N[C@H](COCc1ccccc1)c1nnc2n1CCN(C(=O)OCc1ccccc1)C2. The Kier molecular flexibility index (Phi) is 20.4. The van der Waals surface area contributed by atoms with E-state index in [2.05, 4.69) is 36.7 Å². The molecule has 5 aromatic rings. The van der Waals surface area contributed by atoms with Crippen molar-refractivity contribution in [3.05, 3.63) is 155 Å². The molecule has 0 bridgehead atoms. The Labute approximate surface area is 431 Å². The third-order valence-electron chi connectivity index (χ3n) is 11.1. The summed E-state index contributed by atoms with van der Waals surface area (Å²) in [6, 6.07) is 36.6. The third-order valence-corrected chi connectivity index (χ3v) is 11.1. The number of nitrogens with one attached hydrogen (secondary N) is 4. The largest absolute Gasteiger partial charge is 0.445 e. The van der Waals surface area contributed by atoms with Crippen LogP contribution in [0.5, 0.6) is 0 Å². The van der Waals surface area contributed by atoms with Gasteiger partial charge in [-0.25, -0.2) is 14.4 Å². The molecule has 5 amide bonds. The molecule has 6 N–H and O–H groups in total. The van der Waals surface area contributed by atoms with Gasteiger partial charge in [0.1, 0.15) is 36.7 Å². The molecule has 0 radical (unpaired) electrons. The molecule has 0 fully saturated rings. The molecular formula is C53H67N11O10. The number of aliphatic imine (C=N–C) groups is 1. The number of fused-ring (bicyclic) bond motifs is 1. The number of ether oxygens (including phenoxy) is 5. The first-order valence-electron chi connectivity index (χ1n) is 24.3. The van der Waals surface area contributed by atoms with Gasteiger partial charge in [0.2, 0.25) is 5.91 Å². The van der Waals surface area contributed by atoms with E-state index >= 15 is 0 Å². The summed E-state index contributed by atoms with van der Waals surface area (Å²) >= 11 is 0. The van der Waals surface area contributed by atoms with Crippen LogP contribution in [0.2, 0.25) is 0 Å². The summed E-state index contributed by atoms with van der Waals surface area (Å²) in [5.41, 5.74) is 13.2. The van der Waals surface area contributed by atoms with Gasteiger partial charge in [-0.05, 0) is 56.9 Å². The Morgan fingerprint density at radius 1 is 0.622 bits per heavy atom. The second-order valence-corrected chi connectivity index (χ2v) is 18.9. The standard InChI is InChI=1S/C27H35N5O6.C26H32N6O4/c1-27(2,3)38-25(34)29-22(19-36-17-20-10-6-4-7-11-20)24(33)31-30-23-16-32(15-14-28-23)26(35)37-18-21-12-8-5-9-13-21;1-26(2,27)24(33)28-21(18-35-16-19-9-5-3-6-10-19)23-30-29-22-15-31(13-14-32(22)23)25(34)36-17-20-11-7-4-8-12-20/h4-13,22H,14-19H2,1-3H3,(H,28,30)(H,29,34)(H,31,33);3-12,21H,13-18,27H2,1-2H3,(H,28,33)/t22-;21-/m11/s1. The summed E-state index contributed by atoms with van der Waals surface area (Å²) in [4.78, 5) is 70.4. The number of benzene rings is 4. The quantitative estimate of drug-likeness (QED) is 0.0585. The predicted octanol–water partition coefficient (Wildman–Crippen LogP) is 5.31. The first-order valence-corrected chi connectivity index (χ1v) is 24.3. The lowest BCUT2D eigenvalue weighted by Crippen LogP contribution is -2.57. The summed E-state index contributed by atoms with van der Waals surface area (Å²) in [5.74, 6) is 0.670. The van der Waals surface area contributed by atoms with Crippen LogP contribution in [0.3, 0.4) is 0 Å². The molecule has 0 saturated carbocycles. The van der Waals surface area contributed by atoms with Crippen LogP contribution in [0.15, 0.2) is 126 Å². The summed E-state index contributed by atoms with van der Waals surface area (Å²) in [6.45, 7) is 11.6. The lowest BCUT2D eigenvalue weighted by molar-refractivity contribution is -0.127. The highest BCUT2D eigenvalue weighted by atomic mass is 16.6. The molecule has 1 aromatic heterocycles. The van der Waals surface area contributed by atoms with Gasteiger partial charge in [-0.15, -0.1) is 10.2 Å². The monoisotopic (exact) mass is 1020 g/mol. The first-order chi connectivity index (χ1) is 35.5. The number of hydrogen-bond acceptors (Lipinski definition) is 15. The molecule has 2 aliphatic heterocycles. The zero-order valence-corrected chi connectivity index (χ0v) is 42.5. The number of hydrazine groups is 1. The molecule has 2 atom stereocenters. The van der Waals surface area contributed by atoms with E-state index < -0.39 is 47.4 Å². The summed E-state index contributed by atoms with van der Waals surface area (Å²) in [7, 11) is 0. The molecule has 0 aliphatic carbocycles. The van der Waals surface area contributed by atoms with Gasteiger partial charge in [-0.3, -0.25) is 35.2 Å².